The highest BCUT2D eigenvalue weighted by atomic mass is 16.5. The van der Waals surface area contributed by atoms with Gasteiger partial charge in [0.2, 0.25) is 5.91 Å². The minimum atomic E-state index is 0.188. The van der Waals surface area contributed by atoms with Gasteiger partial charge in [-0.2, -0.15) is 0 Å². The Balaban J connectivity index is 1.32. The van der Waals surface area contributed by atoms with E-state index < -0.39 is 0 Å². The summed E-state index contributed by atoms with van der Waals surface area (Å²) < 4.78 is 5.64. The number of carbonyl (C=O) groups is 1. The van der Waals surface area contributed by atoms with Gasteiger partial charge >= 0.3 is 0 Å². The zero-order chi connectivity index (χ0) is 21.5. The number of nitrogens with one attached hydrogen (secondary N) is 1. The first-order valence-corrected chi connectivity index (χ1v) is 12.2. The number of piperidine rings is 1. The van der Waals surface area contributed by atoms with Crippen LogP contribution in [-0.4, -0.2) is 92.2 Å². The molecule has 1 aromatic rings. The lowest BCUT2D eigenvalue weighted by Gasteiger charge is -2.46. The van der Waals surface area contributed by atoms with Crippen LogP contribution in [0.2, 0.25) is 0 Å². The smallest absolute Gasteiger partial charge is 0.220 e. The van der Waals surface area contributed by atoms with Crippen LogP contribution in [0.25, 0.3) is 0 Å². The van der Waals surface area contributed by atoms with Crippen molar-refractivity contribution in [3.8, 4) is 0 Å². The van der Waals surface area contributed by atoms with Crippen molar-refractivity contribution >= 4 is 5.91 Å². The molecule has 0 radical (unpaired) electrons. The molecule has 3 fully saturated rings. The topological polar surface area (TPSA) is 48.0 Å². The SMILES string of the molecule is CN1CCN([C@@H]2CCN(Cc3ccccc3)C[C@@H]2CCC(=O)NCC2CCCO2)CC1. The first kappa shape index (κ1) is 22.7. The number of hydrogen-bond acceptors (Lipinski definition) is 5. The number of ether oxygens (including phenoxy) is 1. The number of nitrogens with zero attached hydrogens (tertiary/aromatic N) is 3. The van der Waals surface area contributed by atoms with Gasteiger partial charge in [-0.05, 0) is 50.8 Å². The molecule has 4 rings (SSSR count). The Morgan fingerprint density at radius 3 is 2.65 bits per heavy atom. The van der Waals surface area contributed by atoms with Gasteiger partial charge in [0, 0.05) is 64.9 Å². The third-order valence-corrected chi connectivity index (χ3v) is 7.33. The van der Waals surface area contributed by atoms with Crippen LogP contribution in [0, 0.1) is 5.92 Å². The van der Waals surface area contributed by atoms with Crippen LogP contribution in [0.1, 0.15) is 37.7 Å². The molecule has 1 unspecified atom stereocenters. The molecule has 1 amide bonds. The number of amides is 1. The minimum absolute atomic E-state index is 0.188. The Hall–Kier alpha value is -1.47. The summed E-state index contributed by atoms with van der Waals surface area (Å²) in [4.78, 5) is 20.3. The van der Waals surface area contributed by atoms with Gasteiger partial charge in [0.05, 0.1) is 6.10 Å². The summed E-state index contributed by atoms with van der Waals surface area (Å²) in [6.07, 6.45) is 5.22. The van der Waals surface area contributed by atoms with Gasteiger partial charge in [0.15, 0.2) is 0 Å². The van der Waals surface area contributed by atoms with Gasteiger partial charge in [-0.1, -0.05) is 30.3 Å². The van der Waals surface area contributed by atoms with Gasteiger partial charge in [0.1, 0.15) is 0 Å². The van der Waals surface area contributed by atoms with E-state index in [1.54, 1.807) is 0 Å². The molecule has 6 nitrogen and oxygen atoms in total. The predicted molar refractivity (Wildman–Crippen MR) is 124 cm³/mol. The summed E-state index contributed by atoms with van der Waals surface area (Å²) in [5, 5.41) is 3.12. The molecular formula is C25H40N4O2. The van der Waals surface area contributed by atoms with E-state index in [1.165, 1.54) is 12.0 Å². The first-order chi connectivity index (χ1) is 15.2. The fourth-order valence-electron chi connectivity index (χ4n) is 5.44. The van der Waals surface area contributed by atoms with Crippen LogP contribution < -0.4 is 5.32 Å². The van der Waals surface area contributed by atoms with E-state index in [2.05, 4.69) is 57.4 Å². The Morgan fingerprint density at radius 2 is 1.90 bits per heavy atom. The summed E-state index contributed by atoms with van der Waals surface area (Å²) in [6.45, 7) is 9.37. The number of benzene rings is 1. The Morgan fingerprint density at radius 1 is 1.10 bits per heavy atom. The molecule has 0 spiro atoms. The lowest BCUT2D eigenvalue weighted by Crippen LogP contribution is -2.56. The average molecular weight is 429 g/mol. The molecule has 0 aliphatic carbocycles. The number of hydrogen-bond donors (Lipinski definition) is 1. The van der Waals surface area contributed by atoms with Gasteiger partial charge in [0.25, 0.3) is 0 Å². The van der Waals surface area contributed by atoms with Crippen LogP contribution in [0.3, 0.4) is 0 Å². The first-order valence-electron chi connectivity index (χ1n) is 12.2. The number of likely N-dealkylation sites (tertiary alicyclic amines) is 1. The summed E-state index contributed by atoms with van der Waals surface area (Å²) in [7, 11) is 2.22. The third-order valence-electron chi connectivity index (χ3n) is 7.33. The van der Waals surface area contributed by atoms with Crippen LogP contribution in [-0.2, 0) is 16.1 Å². The van der Waals surface area contributed by atoms with Gasteiger partial charge in [-0.15, -0.1) is 0 Å². The minimum Gasteiger partial charge on any atom is -0.376 e. The van der Waals surface area contributed by atoms with Crippen LogP contribution in [0.15, 0.2) is 30.3 Å². The number of carbonyl (C=O) groups excluding carboxylic acids is 1. The zero-order valence-corrected chi connectivity index (χ0v) is 19.2. The monoisotopic (exact) mass is 428 g/mol. The predicted octanol–water partition coefficient (Wildman–Crippen LogP) is 2.20. The van der Waals surface area contributed by atoms with Crippen molar-refractivity contribution < 1.29 is 9.53 Å². The van der Waals surface area contributed by atoms with E-state index >= 15 is 0 Å². The maximum absolute atomic E-state index is 12.5. The molecule has 1 N–H and O–H groups in total. The Labute approximate surface area is 187 Å². The maximum Gasteiger partial charge on any atom is 0.220 e. The van der Waals surface area contributed by atoms with E-state index in [4.69, 9.17) is 4.74 Å². The molecule has 172 valence electrons. The number of rotatable bonds is 8. The van der Waals surface area contributed by atoms with E-state index in [-0.39, 0.29) is 12.0 Å². The molecule has 0 bridgehead atoms. The average Bonchev–Trinajstić information content (AvgIpc) is 3.32. The largest absolute Gasteiger partial charge is 0.376 e. The quantitative estimate of drug-likeness (QED) is 0.688. The second kappa shape index (κ2) is 11.4. The molecule has 0 saturated carbocycles. The maximum atomic E-state index is 12.5. The van der Waals surface area contributed by atoms with Crippen molar-refractivity contribution in [2.24, 2.45) is 5.92 Å². The lowest BCUT2D eigenvalue weighted by atomic mass is 9.86. The van der Waals surface area contributed by atoms with E-state index in [0.29, 0.717) is 24.9 Å². The summed E-state index contributed by atoms with van der Waals surface area (Å²) in [5.41, 5.74) is 1.38. The highest BCUT2D eigenvalue weighted by Gasteiger charge is 2.34. The van der Waals surface area contributed by atoms with Crippen molar-refractivity contribution in [2.45, 2.75) is 50.8 Å². The van der Waals surface area contributed by atoms with Crippen molar-refractivity contribution in [3.63, 3.8) is 0 Å². The Kier molecular flexibility index (Phi) is 8.36. The van der Waals surface area contributed by atoms with Crippen molar-refractivity contribution in [3.05, 3.63) is 35.9 Å². The molecule has 3 saturated heterocycles. The molecule has 1 aromatic carbocycles. The second-order valence-electron chi connectivity index (χ2n) is 9.65. The standard InChI is InChI=1S/C25H40N4O2/c1-27-13-15-29(16-14-27)24-11-12-28(19-21-6-3-2-4-7-21)20-22(24)9-10-25(30)26-18-23-8-5-17-31-23/h2-4,6-7,22-24H,5,8-20H2,1H3,(H,26,30)/t22-,23?,24+/m0/s1. The number of piperazine rings is 1. The lowest BCUT2D eigenvalue weighted by molar-refractivity contribution is -0.122. The number of likely N-dealkylation sites (N-methyl/N-ethyl adjacent to an activating group) is 1. The van der Waals surface area contributed by atoms with Crippen molar-refractivity contribution in [1.29, 1.82) is 0 Å². The van der Waals surface area contributed by atoms with E-state index in [9.17, 15) is 4.79 Å². The van der Waals surface area contributed by atoms with Crippen molar-refractivity contribution in [2.75, 3.05) is 59.5 Å². The van der Waals surface area contributed by atoms with Gasteiger partial charge in [-0.25, -0.2) is 0 Å². The van der Waals surface area contributed by atoms with Crippen molar-refractivity contribution in [1.82, 2.24) is 20.0 Å². The fourth-order valence-corrected chi connectivity index (χ4v) is 5.44. The highest BCUT2D eigenvalue weighted by molar-refractivity contribution is 5.75. The van der Waals surface area contributed by atoms with Gasteiger partial charge in [-0.3, -0.25) is 14.6 Å². The summed E-state index contributed by atoms with van der Waals surface area (Å²) in [6, 6.07) is 11.4. The molecule has 6 heteroatoms. The van der Waals surface area contributed by atoms with Crippen LogP contribution >= 0.6 is 0 Å². The zero-order valence-electron chi connectivity index (χ0n) is 19.2. The molecule has 3 aliphatic heterocycles. The molecule has 0 aromatic heterocycles. The second-order valence-corrected chi connectivity index (χ2v) is 9.65. The van der Waals surface area contributed by atoms with Crippen LogP contribution in [0.5, 0.6) is 0 Å². The van der Waals surface area contributed by atoms with E-state index in [1.807, 2.05) is 0 Å². The third kappa shape index (κ3) is 6.75. The summed E-state index contributed by atoms with van der Waals surface area (Å²) in [5.74, 6) is 0.738. The molecule has 3 atom stereocenters. The summed E-state index contributed by atoms with van der Waals surface area (Å²) >= 11 is 0. The molecule has 31 heavy (non-hydrogen) atoms. The normalized spacial score (nSPS) is 28.6. The fraction of sp³-hybridized carbons (Fsp3) is 0.720. The van der Waals surface area contributed by atoms with Crippen LogP contribution in [0.4, 0.5) is 0 Å². The van der Waals surface area contributed by atoms with Gasteiger partial charge < -0.3 is 15.0 Å². The Bertz CT molecular complexity index is 671. The highest BCUT2D eigenvalue weighted by Crippen LogP contribution is 2.28. The molecule has 3 aliphatic rings. The molecule has 3 heterocycles. The molecular weight excluding hydrogens is 388 g/mol. The van der Waals surface area contributed by atoms with E-state index in [0.717, 1.165) is 71.7 Å².